The number of hydrogen-bond acceptors (Lipinski definition) is 1. The summed E-state index contributed by atoms with van der Waals surface area (Å²) in [5, 5.41) is 1.32. The Morgan fingerprint density at radius 1 is 0.947 bits per heavy atom. The monoisotopic (exact) mass is 271 g/mol. The van der Waals surface area contributed by atoms with E-state index in [2.05, 4.69) is 4.98 Å². The first-order valence-electron chi connectivity index (χ1n) is 6.40. The highest BCUT2D eigenvalue weighted by Gasteiger charge is 2.30. The smallest absolute Gasteiger partial charge is 0.264 e. The van der Waals surface area contributed by atoms with Gasteiger partial charge in [-0.1, -0.05) is 33.8 Å². The summed E-state index contributed by atoms with van der Waals surface area (Å²) in [5.74, 6) is 0. The molecular formula is C15H20F3N. The zero-order valence-electron chi connectivity index (χ0n) is 12.0. The van der Waals surface area contributed by atoms with Gasteiger partial charge in [-0.2, -0.15) is 13.2 Å². The van der Waals surface area contributed by atoms with Gasteiger partial charge >= 0.3 is 6.18 Å². The van der Waals surface area contributed by atoms with Gasteiger partial charge < -0.3 is 0 Å². The summed E-state index contributed by atoms with van der Waals surface area (Å²) in [6, 6.07) is 3.69. The van der Waals surface area contributed by atoms with E-state index in [0.717, 1.165) is 23.1 Å². The van der Waals surface area contributed by atoms with Gasteiger partial charge in [-0.15, -0.1) is 0 Å². The number of benzene rings is 1. The second-order valence-electron chi connectivity index (χ2n) is 3.39. The van der Waals surface area contributed by atoms with Crippen LogP contribution in [-0.4, -0.2) is 4.98 Å². The third kappa shape index (κ3) is 4.54. The number of rotatable bonds is 0. The van der Waals surface area contributed by atoms with E-state index < -0.39 is 11.7 Å². The van der Waals surface area contributed by atoms with Gasteiger partial charge in [0.1, 0.15) is 0 Å². The highest BCUT2D eigenvalue weighted by Crippen LogP contribution is 2.31. The van der Waals surface area contributed by atoms with Crippen LogP contribution < -0.4 is 0 Å². The van der Waals surface area contributed by atoms with Gasteiger partial charge in [0, 0.05) is 17.8 Å². The van der Waals surface area contributed by atoms with Crippen molar-refractivity contribution >= 4 is 10.8 Å². The minimum Gasteiger partial charge on any atom is -0.264 e. The van der Waals surface area contributed by atoms with Crippen molar-refractivity contribution in [2.75, 3.05) is 0 Å². The molecule has 2 aromatic rings. The Kier molecular flexibility index (Phi) is 7.12. The second kappa shape index (κ2) is 7.77. The number of nitrogens with zero attached hydrogens (tertiary/aromatic N) is 1. The Balaban J connectivity index is 0.000000741. The zero-order valence-corrected chi connectivity index (χ0v) is 12.0. The molecule has 1 aromatic heterocycles. The summed E-state index contributed by atoms with van der Waals surface area (Å²) in [5.41, 5.74) is 0.239. The molecule has 1 nitrogen and oxygen atoms in total. The number of aromatic nitrogens is 1. The van der Waals surface area contributed by atoms with E-state index in [0.29, 0.717) is 5.39 Å². The third-order valence-corrected chi connectivity index (χ3v) is 2.29. The summed E-state index contributed by atoms with van der Waals surface area (Å²) < 4.78 is 37.2. The maximum atomic E-state index is 12.4. The van der Waals surface area contributed by atoms with E-state index in [4.69, 9.17) is 0 Å². The van der Waals surface area contributed by atoms with Crippen molar-refractivity contribution in [2.24, 2.45) is 0 Å². The molecule has 0 aliphatic heterocycles. The summed E-state index contributed by atoms with van der Waals surface area (Å²) in [6.07, 6.45) is -1.22. The SMILES string of the molecule is CC.CC.Cc1cncc2cc(C(F)(F)F)ccc12. The van der Waals surface area contributed by atoms with Crippen LogP contribution in [0.15, 0.2) is 30.6 Å². The molecule has 0 unspecified atom stereocenters. The normalized spacial score (nSPS) is 10.1. The van der Waals surface area contributed by atoms with Crippen molar-refractivity contribution in [1.29, 1.82) is 0 Å². The molecule has 0 saturated heterocycles. The molecule has 0 radical (unpaired) electrons. The van der Waals surface area contributed by atoms with Crippen molar-refractivity contribution in [3.63, 3.8) is 0 Å². The topological polar surface area (TPSA) is 12.9 Å². The van der Waals surface area contributed by atoms with E-state index in [1.54, 1.807) is 6.20 Å². The molecule has 0 aliphatic carbocycles. The van der Waals surface area contributed by atoms with Crippen molar-refractivity contribution in [1.82, 2.24) is 4.98 Å². The lowest BCUT2D eigenvalue weighted by molar-refractivity contribution is -0.137. The predicted molar refractivity (Wildman–Crippen MR) is 74.2 cm³/mol. The number of fused-ring (bicyclic) bond motifs is 1. The van der Waals surface area contributed by atoms with Crippen molar-refractivity contribution in [3.05, 3.63) is 41.7 Å². The fraction of sp³-hybridized carbons (Fsp3) is 0.400. The van der Waals surface area contributed by atoms with E-state index in [1.807, 2.05) is 34.6 Å². The molecule has 2 rings (SSSR count). The first-order chi connectivity index (χ1) is 8.98. The Hall–Kier alpha value is -1.58. The Morgan fingerprint density at radius 3 is 2.05 bits per heavy atom. The van der Waals surface area contributed by atoms with Gasteiger partial charge in [0.25, 0.3) is 0 Å². The predicted octanol–water partition coefficient (Wildman–Crippen LogP) is 5.61. The molecule has 0 bridgehead atoms. The van der Waals surface area contributed by atoms with Crippen LogP contribution in [0.4, 0.5) is 13.2 Å². The molecule has 4 heteroatoms. The van der Waals surface area contributed by atoms with Gasteiger partial charge in [-0.3, -0.25) is 4.98 Å². The first-order valence-corrected chi connectivity index (χ1v) is 6.40. The van der Waals surface area contributed by atoms with Crippen LogP contribution in [0.2, 0.25) is 0 Å². The lowest BCUT2D eigenvalue weighted by atomic mass is 10.1. The molecule has 0 spiro atoms. The van der Waals surface area contributed by atoms with Crippen LogP contribution in [0.3, 0.4) is 0 Å². The molecule has 0 fully saturated rings. The highest BCUT2D eigenvalue weighted by molar-refractivity contribution is 5.85. The van der Waals surface area contributed by atoms with Gasteiger partial charge in [0.15, 0.2) is 0 Å². The number of alkyl halides is 3. The van der Waals surface area contributed by atoms with Crippen molar-refractivity contribution in [3.8, 4) is 0 Å². The highest BCUT2D eigenvalue weighted by atomic mass is 19.4. The fourth-order valence-corrected chi connectivity index (χ4v) is 1.50. The minimum absolute atomic E-state index is 0.518. The van der Waals surface area contributed by atoms with Crippen LogP contribution in [0.25, 0.3) is 10.8 Å². The average molecular weight is 271 g/mol. The molecule has 0 aliphatic rings. The molecular weight excluding hydrogens is 251 g/mol. The first kappa shape index (κ1) is 17.4. The van der Waals surface area contributed by atoms with Gasteiger partial charge in [-0.25, -0.2) is 0 Å². The molecule has 1 heterocycles. The number of aryl methyl sites for hydroxylation is 1. The van der Waals surface area contributed by atoms with Crippen LogP contribution >= 0.6 is 0 Å². The Labute approximate surface area is 112 Å². The molecule has 0 N–H and O–H groups in total. The van der Waals surface area contributed by atoms with Crippen LogP contribution in [0.1, 0.15) is 38.8 Å². The minimum atomic E-state index is -4.29. The molecule has 0 saturated carbocycles. The Bertz CT molecular complexity index is 504. The second-order valence-corrected chi connectivity index (χ2v) is 3.39. The lowest BCUT2D eigenvalue weighted by Crippen LogP contribution is -2.04. The molecule has 19 heavy (non-hydrogen) atoms. The summed E-state index contributed by atoms with van der Waals surface area (Å²) >= 11 is 0. The zero-order chi connectivity index (χ0) is 15.1. The van der Waals surface area contributed by atoms with E-state index in [9.17, 15) is 13.2 Å². The van der Waals surface area contributed by atoms with E-state index in [-0.39, 0.29) is 0 Å². The number of halogens is 3. The third-order valence-electron chi connectivity index (χ3n) is 2.29. The maximum absolute atomic E-state index is 12.4. The molecule has 0 amide bonds. The summed E-state index contributed by atoms with van der Waals surface area (Å²) in [6.45, 7) is 9.82. The van der Waals surface area contributed by atoms with Crippen molar-refractivity contribution in [2.45, 2.75) is 40.8 Å². The standard InChI is InChI=1S/C11H8F3N.2C2H6/c1-7-5-15-6-8-4-9(11(12,13)14)2-3-10(7)8;2*1-2/h2-6H,1H3;2*1-2H3. The average Bonchev–Trinajstić information content (AvgIpc) is 2.42. The summed E-state index contributed by atoms with van der Waals surface area (Å²) in [4.78, 5) is 3.87. The van der Waals surface area contributed by atoms with Gasteiger partial charge in [-0.05, 0) is 30.0 Å². The lowest BCUT2D eigenvalue weighted by Gasteiger charge is -2.08. The molecule has 1 aromatic carbocycles. The largest absolute Gasteiger partial charge is 0.416 e. The van der Waals surface area contributed by atoms with Crippen LogP contribution in [0, 0.1) is 6.92 Å². The van der Waals surface area contributed by atoms with Crippen LogP contribution in [0.5, 0.6) is 0 Å². The summed E-state index contributed by atoms with van der Waals surface area (Å²) in [7, 11) is 0. The van der Waals surface area contributed by atoms with E-state index in [1.165, 1.54) is 12.3 Å². The number of hydrogen-bond donors (Lipinski definition) is 0. The molecule has 0 atom stereocenters. The molecule has 106 valence electrons. The van der Waals surface area contributed by atoms with Gasteiger partial charge in [0.2, 0.25) is 0 Å². The maximum Gasteiger partial charge on any atom is 0.416 e. The van der Waals surface area contributed by atoms with E-state index >= 15 is 0 Å². The van der Waals surface area contributed by atoms with Crippen molar-refractivity contribution < 1.29 is 13.2 Å². The van der Waals surface area contributed by atoms with Gasteiger partial charge in [0.05, 0.1) is 5.56 Å². The Morgan fingerprint density at radius 2 is 1.53 bits per heavy atom. The number of pyridine rings is 1. The quantitative estimate of drug-likeness (QED) is 0.606. The fourth-order valence-electron chi connectivity index (χ4n) is 1.50. The van der Waals surface area contributed by atoms with Crippen LogP contribution in [-0.2, 0) is 6.18 Å².